The fourth-order valence-electron chi connectivity index (χ4n) is 3.12. The molecule has 3 unspecified atom stereocenters. The number of rotatable bonds is 2. The fraction of sp³-hybridized carbons (Fsp3) is 1.00. The Labute approximate surface area is 105 Å². The van der Waals surface area contributed by atoms with Crippen molar-refractivity contribution in [3.8, 4) is 0 Å². The molecule has 0 aromatic heterocycles. The van der Waals surface area contributed by atoms with Gasteiger partial charge in [-0.05, 0) is 12.8 Å². The number of morpholine rings is 1. The molecule has 1 aliphatic carbocycles. The largest absolute Gasteiger partial charge is 0.371 e. The molecule has 3 aliphatic rings. The minimum atomic E-state index is -3.08. The van der Waals surface area contributed by atoms with Crippen molar-refractivity contribution in [2.45, 2.75) is 36.8 Å². The maximum atomic E-state index is 13.0. The summed E-state index contributed by atoms with van der Waals surface area (Å²) in [4.78, 5) is 0. The van der Waals surface area contributed by atoms with Gasteiger partial charge in [-0.15, -0.1) is 0 Å². The molecule has 104 valence electrons. The zero-order chi connectivity index (χ0) is 13.0. The van der Waals surface area contributed by atoms with Crippen LogP contribution in [-0.4, -0.2) is 50.6 Å². The van der Waals surface area contributed by atoms with Crippen LogP contribution in [0.5, 0.6) is 0 Å². The Kier molecular flexibility index (Phi) is 2.74. The lowest BCUT2D eigenvalue weighted by atomic mass is 9.88. The van der Waals surface area contributed by atoms with E-state index < -0.39 is 27.3 Å². The average Bonchev–Trinajstić information content (AvgIpc) is 2.73. The van der Waals surface area contributed by atoms with Crippen molar-refractivity contribution in [1.82, 2.24) is 5.32 Å². The SMILES string of the molecule is O=S1(=O)CCC2(C1)OCCNC2CC1CC1(F)F. The van der Waals surface area contributed by atoms with E-state index in [9.17, 15) is 17.2 Å². The summed E-state index contributed by atoms with van der Waals surface area (Å²) in [6.45, 7) is 1.05. The summed E-state index contributed by atoms with van der Waals surface area (Å²) in [5.41, 5.74) is -0.768. The number of ether oxygens (including phenoxy) is 1. The minimum absolute atomic E-state index is 0.0318. The molecule has 0 aromatic carbocycles. The van der Waals surface area contributed by atoms with E-state index in [4.69, 9.17) is 4.74 Å². The molecule has 0 amide bonds. The van der Waals surface area contributed by atoms with Crippen LogP contribution in [0.4, 0.5) is 8.78 Å². The molecule has 2 saturated heterocycles. The summed E-state index contributed by atoms with van der Waals surface area (Å²) in [5, 5.41) is 3.18. The molecule has 7 heteroatoms. The number of sulfone groups is 1. The van der Waals surface area contributed by atoms with Crippen molar-refractivity contribution in [2.75, 3.05) is 24.7 Å². The normalized spacial score (nSPS) is 45.2. The van der Waals surface area contributed by atoms with Crippen LogP contribution in [0.3, 0.4) is 0 Å². The zero-order valence-corrected chi connectivity index (χ0v) is 10.8. The Morgan fingerprint density at radius 1 is 1.39 bits per heavy atom. The van der Waals surface area contributed by atoms with E-state index in [-0.39, 0.29) is 24.0 Å². The lowest BCUT2D eigenvalue weighted by molar-refractivity contribution is -0.0835. The van der Waals surface area contributed by atoms with Gasteiger partial charge in [0.1, 0.15) is 0 Å². The van der Waals surface area contributed by atoms with Crippen LogP contribution < -0.4 is 5.32 Å². The Balaban J connectivity index is 1.75. The number of nitrogens with one attached hydrogen (secondary N) is 1. The highest BCUT2D eigenvalue weighted by Gasteiger charge is 2.60. The maximum absolute atomic E-state index is 13.0. The molecule has 0 radical (unpaired) electrons. The Morgan fingerprint density at radius 3 is 2.67 bits per heavy atom. The number of hydrogen-bond donors (Lipinski definition) is 1. The molecule has 3 fully saturated rings. The Hall–Kier alpha value is -0.270. The second-order valence-electron chi connectivity index (χ2n) is 5.66. The van der Waals surface area contributed by atoms with E-state index in [1.54, 1.807) is 0 Å². The van der Waals surface area contributed by atoms with Gasteiger partial charge < -0.3 is 10.1 Å². The third kappa shape index (κ3) is 2.16. The molecular formula is C11H17F2NO3S. The van der Waals surface area contributed by atoms with Crippen LogP contribution in [0, 0.1) is 5.92 Å². The quantitative estimate of drug-likeness (QED) is 0.804. The number of alkyl halides is 2. The molecule has 1 N–H and O–H groups in total. The third-order valence-corrected chi connectivity index (χ3v) is 6.05. The van der Waals surface area contributed by atoms with Crippen molar-refractivity contribution in [2.24, 2.45) is 5.92 Å². The topological polar surface area (TPSA) is 55.4 Å². The summed E-state index contributed by atoms with van der Waals surface area (Å²) in [6, 6.07) is -0.262. The summed E-state index contributed by atoms with van der Waals surface area (Å²) in [6.07, 6.45) is 0.655. The standard InChI is InChI=1S/C11H17F2NO3S/c12-11(13)6-8(11)5-9-10(17-3-2-14-9)1-4-18(15,16)7-10/h8-9,14H,1-7H2. The fourth-order valence-corrected chi connectivity index (χ4v) is 5.09. The molecule has 3 rings (SSSR count). The molecule has 4 nitrogen and oxygen atoms in total. The highest BCUT2D eigenvalue weighted by molar-refractivity contribution is 7.91. The first-order valence-corrected chi connectivity index (χ1v) is 8.11. The third-order valence-electron chi connectivity index (χ3n) is 4.29. The first kappa shape index (κ1) is 12.7. The Morgan fingerprint density at radius 2 is 2.11 bits per heavy atom. The van der Waals surface area contributed by atoms with Crippen molar-refractivity contribution < 1.29 is 21.9 Å². The second-order valence-corrected chi connectivity index (χ2v) is 7.84. The molecule has 0 bridgehead atoms. The lowest BCUT2D eigenvalue weighted by Gasteiger charge is -2.41. The van der Waals surface area contributed by atoms with E-state index in [0.717, 1.165) is 0 Å². The van der Waals surface area contributed by atoms with Crippen molar-refractivity contribution in [1.29, 1.82) is 0 Å². The van der Waals surface area contributed by atoms with Crippen LogP contribution in [0.2, 0.25) is 0 Å². The maximum Gasteiger partial charge on any atom is 0.251 e. The smallest absolute Gasteiger partial charge is 0.251 e. The van der Waals surface area contributed by atoms with Gasteiger partial charge in [-0.2, -0.15) is 0 Å². The van der Waals surface area contributed by atoms with Gasteiger partial charge in [-0.25, -0.2) is 17.2 Å². The number of halogens is 2. The predicted octanol–water partition coefficient (Wildman–Crippen LogP) is 0.577. The van der Waals surface area contributed by atoms with E-state index >= 15 is 0 Å². The predicted molar refractivity (Wildman–Crippen MR) is 61.4 cm³/mol. The van der Waals surface area contributed by atoms with E-state index in [1.807, 2.05) is 0 Å². The average molecular weight is 281 g/mol. The summed E-state index contributed by atoms with van der Waals surface area (Å²) >= 11 is 0. The highest BCUT2D eigenvalue weighted by atomic mass is 32.2. The van der Waals surface area contributed by atoms with Crippen molar-refractivity contribution in [3.05, 3.63) is 0 Å². The van der Waals surface area contributed by atoms with Gasteiger partial charge in [-0.1, -0.05) is 0 Å². The number of hydrogen-bond acceptors (Lipinski definition) is 4. The van der Waals surface area contributed by atoms with E-state index in [2.05, 4.69) is 5.32 Å². The molecule has 2 heterocycles. The van der Waals surface area contributed by atoms with Gasteiger partial charge in [-0.3, -0.25) is 0 Å². The molecule has 2 aliphatic heterocycles. The van der Waals surface area contributed by atoms with Gasteiger partial charge in [0.25, 0.3) is 5.92 Å². The monoisotopic (exact) mass is 281 g/mol. The van der Waals surface area contributed by atoms with Gasteiger partial charge in [0.15, 0.2) is 9.84 Å². The molecular weight excluding hydrogens is 264 g/mol. The lowest BCUT2D eigenvalue weighted by Crippen LogP contribution is -2.59. The summed E-state index contributed by atoms with van der Waals surface area (Å²) in [7, 11) is -3.08. The first-order valence-electron chi connectivity index (χ1n) is 6.29. The van der Waals surface area contributed by atoms with Crippen molar-refractivity contribution >= 4 is 9.84 Å². The van der Waals surface area contributed by atoms with Gasteiger partial charge in [0.05, 0.1) is 23.7 Å². The summed E-state index contributed by atoms with van der Waals surface area (Å²) < 4.78 is 54.9. The van der Waals surface area contributed by atoms with Gasteiger partial charge >= 0.3 is 0 Å². The zero-order valence-electron chi connectivity index (χ0n) is 9.99. The van der Waals surface area contributed by atoms with E-state index in [0.29, 0.717) is 26.0 Å². The van der Waals surface area contributed by atoms with Crippen molar-refractivity contribution in [3.63, 3.8) is 0 Å². The summed E-state index contributed by atoms with van der Waals surface area (Å²) in [5.74, 6) is -3.10. The van der Waals surface area contributed by atoms with Crippen LogP contribution in [0.1, 0.15) is 19.3 Å². The highest BCUT2D eigenvalue weighted by Crippen LogP contribution is 2.52. The second kappa shape index (κ2) is 3.86. The van der Waals surface area contributed by atoms with Crippen LogP contribution >= 0.6 is 0 Å². The van der Waals surface area contributed by atoms with Gasteiger partial charge in [0, 0.05) is 24.9 Å². The molecule has 1 saturated carbocycles. The molecule has 18 heavy (non-hydrogen) atoms. The molecule has 0 aromatic rings. The van der Waals surface area contributed by atoms with Gasteiger partial charge in [0.2, 0.25) is 0 Å². The molecule has 1 spiro atoms. The van der Waals surface area contributed by atoms with Crippen LogP contribution in [0.25, 0.3) is 0 Å². The van der Waals surface area contributed by atoms with Crippen LogP contribution in [0.15, 0.2) is 0 Å². The Bertz CT molecular complexity index is 453. The molecule has 3 atom stereocenters. The van der Waals surface area contributed by atoms with E-state index in [1.165, 1.54) is 0 Å². The first-order chi connectivity index (χ1) is 8.33. The minimum Gasteiger partial charge on any atom is -0.371 e. The van der Waals surface area contributed by atoms with Crippen LogP contribution in [-0.2, 0) is 14.6 Å².